The van der Waals surface area contributed by atoms with E-state index in [1.54, 1.807) is 0 Å². The number of rotatable bonds is 0. The largest absolute Gasteiger partial charge is 2.00 e. The molecule has 2 nitrogen and oxygen atoms in total. The van der Waals surface area contributed by atoms with Crippen LogP contribution in [0.1, 0.15) is 0 Å². The van der Waals surface area contributed by atoms with E-state index in [4.69, 9.17) is 0 Å². The zero-order chi connectivity index (χ0) is 0. The summed E-state index contributed by atoms with van der Waals surface area (Å²) in [6, 6.07) is 0. The topological polar surface area (TPSA) is 63.0 Å². The molecule has 0 atom stereocenters. The van der Waals surface area contributed by atoms with Gasteiger partial charge in [0, 0.05) is 0 Å². The molecule has 0 unspecified atom stereocenters. The average Bonchev–Trinajstić information content (AvgIpc) is 0. The van der Waals surface area contributed by atoms with Crippen LogP contribution in [0.4, 0.5) is 0 Å². The van der Waals surface area contributed by atoms with Gasteiger partial charge >= 0.3 is 17.1 Å². The van der Waals surface area contributed by atoms with Crippen molar-refractivity contribution in [3.05, 3.63) is 0 Å². The fourth-order valence-corrected chi connectivity index (χ4v) is 0. The molecule has 0 saturated heterocycles. The van der Waals surface area contributed by atoms with Gasteiger partial charge in [-0.15, -0.1) is 0 Å². The third-order valence-corrected chi connectivity index (χ3v) is 0. The maximum Gasteiger partial charge on any atom is 2.00 e. The van der Waals surface area contributed by atoms with Crippen LogP contribution in [-0.2, 0) is 17.1 Å². The molecule has 0 saturated carbocycles. The van der Waals surface area contributed by atoms with Crippen molar-refractivity contribution in [1.29, 1.82) is 0 Å². The molecule has 4 N–H and O–H groups in total. The predicted molar refractivity (Wildman–Crippen MR) is 7.23 cm³/mol. The third kappa shape index (κ3) is 12.7. The van der Waals surface area contributed by atoms with E-state index in [1.807, 2.05) is 0 Å². The van der Waals surface area contributed by atoms with Gasteiger partial charge in [0.15, 0.2) is 0 Å². The summed E-state index contributed by atoms with van der Waals surface area (Å²) in [6.45, 7) is 0. The second kappa shape index (κ2) is 39.5. The Kier molecular flexibility index (Phi) is 883. The Balaban J connectivity index is 0. The Morgan fingerprint density at radius 3 is 0.750 bits per heavy atom. The molecule has 0 aliphatic rings. The maximum atomic E-state index is 0. The van der Waals surface area contributed by atoms with Crippen LogP contribution < -0.4 is 17.0 Å². The summed E-state index contributed by atoms with van der Waals surface area (Å²) in [6.07, 6.45) is 0. The second-order valence-corrected chi connectivity index (χ2v) is 0. The molecular formula is H4BrMnO2+. The predicted octanol–water partition coefficient (Wildman–Crippen LogP) is -4.65. The van der Waals surface area contributed by atoms with Crippen molar-refractivity contribution in [3.8, 4) is 0 Å². The molecule has 0 heterocycles. The fraction of sp³-hybridized carbons (Fsp3) is 0. The molecule has 0 spiro atoms. The molecule has 0 aromatic heterocycles. The normalized spacial score (nSPS) is 0. The van der Waals surface area contributed by atoms with Crippen molar-refractivity contribution in [2.45, 2.75) is 0 Å². The SMILES string of the molecule is O.O.[Br-].[Mn+2]. The molecule has 0 aromatic carbocycles. The standard InChI is InChI=1S/BrH.Mn.2H2O/h1H;;2*1H2/q;+2;;/p-1. The summed E-state index contributed by atoms with van der Waals surface area (Å²) in [5.41, 5.74) is 0. The molecule has 0 aliphatic carbocycles. The third-order valence-electron chi connectivity index (χ3n) is 0. The van der Waals surface area contributed by atoms with E-state index in [0.29, 0.717) is 0 Å². The first-order valence-electron chi connectivity index (χ1n) is 0. The Morgan fingerprint density at radius 1 is 0.750 bits per heavy atom. The van der Waals surface area contributed by atoms with E-state index in [-0.39, 0.29) is 45.0 Å². The van der Waals surface area contributed by atoms with Gasteiger partial charge in [-0.25, -0.2) is 0 Å². The molecular weight excluding hydrogens is 167 g/mol. The van der Waals surface area contributed by atoms with Crippen molar-refractivity contribution in [2.75, 3.05) is 0 Å². The Hall–Kier alpha value is 0.919. The quantitative estimate of drug-likeness (QED) is 0.329. The monoisotopic (exact) mass is 170 g/mol. The van der Waals surface area contributed by atoms with Gasteiger partial charge in [0.05, 0.1) is 0 Å². The summed E-state index contributed by atoms with van der Waals surface area (Å²) in [5.74, 6) is 0. The number of hydrogen-bond acceptors (Lipinski definition) is 0. The van der Waals surface area contributed by atoms with Gasteiger partial charge in [-0.05, 0) is 0 Å². The van der Waals surface area contributed by atoms with Gasteiger partial charge in [0.1, 0.15) is 0 Å². The number of halogens is 1. The van der Waals surface area contributed by atoms with E-state index in [2.05, 4.69) is 0 Å². The Labute approximate surface area is 45.4 Å². The summed E-state index contributed by atoms with van der Waals surface area (Å²) < 4.78 is 0. The molecule has 0 aliphatic heterocycles. The van der Waals surface area contributed by atoms with Crippen LogP contribution in [0.2, 0.25) is 0 Å². The minimum atomic E-state index is 0. The zero-order valence-electron chi connectivity index (χ0n) is 1.76. The minimum Gasteiger partial charge on any atom is -1.00 e. The first-order chi connectivity index (χ1) is 0. The van der Waals surface area contributed by atoms with Gasteiger partial charge in [-0.2, -0.15) is 0 Å². The van der Waals surface area contributed by atoms with Crippen LogP contribution in [0.15, 0.2) is 0 Å². The van der Waals surface area contributed by atoms with Crippen molar-refractivity contribution in [3.63, 3.8) is 0 Å². The van der Waals surface area contributed by atoms with Gasteiger partial charge in [0.25, 0.3) is 0 Å². The van der Waals surface area contributed by atoms with E-state index in [9.17, 15) is 0 Å². The van der Waals surface area contributed by atoms with E-state index < -0.39 is 0 Å². The van der Waals surface area contributed by atoms with Crippen LogP contribution in [0, 0.1) is 0 Å². The van der Waals surface area contributed by atoms with Gasteiger partial charge in [-0.3, -0.25) is 0 Å². The van der Waals surface area contributed by atoms with Gasteiger partial charge in [0.2, 0.25) is 0 Å². The molecule has 1 radical (unpaired) electrons. The van der Waals surface area contributed by atoms with E-state index in [0.717, 1.165) is 0 Å². The molecule has 0 bridgehead atoms. The van der Waals surface area contributed by atoms with Crippen molar-refractivity contribution in [2.24, 2.45) is 0 Å². The Morgan fingerprint density at radius 2 is 0.750 bits per heavy atom. The number of hydrogen-bond donors (Lipinski definition) is 0. The molecule has 0 aromatic rings. The maximum absolute atomic E-state index is 0. The molecule has 29 valence electrons. The molecule has 4 heavy (non-hydrogen) atoms. The minimum absolute atomic E-state index is 0. The van der Waals surface area contributed by atoms with Gasteiger partial charge in [-0.1, -0.05) is 0 Å². The smallest absolute Gasteiger partial charge is 1.00 e. The van der Waals surface area contributed by atoms with Crippen molar-refractivity contribution >= 4 is 0 Å². The van der Waals surface area contributed by atoms with Gasteiger partial charge < -0.3 is 27.9 Å². The van der Waals surface area contributed by atoms with E-state index in [1.165, 1.54) is 0 Å². The van der Waals surface area contributed by atoms with Crippen LogP contribution in [0.5, 0.6) is 0 Å². The van der Waals surface area contributed by atoms with Crippen LogP contribution in [-0.4, -0.2) is 11.0 Å². The molecule has 4 heteroatoms. The molecule has 0 fully saturated rings. The van der Waals surface area contributed by atoms with Crippen LogP contribution >= 0.6 is 0 Å². The van der Waals surface area contributed by atoms with Crippen molar-refractivity contribution in [1.82, 2.24) is 0 Å². The van der Waals surface area contributed by atoms with E-state index >= 15 is 0 Å². The van der Waals surface area contributed by atoms with Crippen molar-refractivity contribution < 1.29 is 45.0 Å². The zero-order valence-corrected chi connectivity index (χ0v) is 4.52. The fourth-order valence-electron chi connectivity index (χ4n) is 0. The molecule has 0 rings (SSSR count). The first-order valence-corrected chi connectivity index (χ1v) is 0. The summed E-state index contributed by atoms with van der Waals surface area (Å²) >= 11 is 0. The average molecular weight is 171 g/mol. The molecule has 0 amide bonds. The van der Waals surface area contributed by atoms with Crippen LogP contribution in [0.3, 0.4) is 0 Å². The Bertz CT molecular complexity index is 6.00. The first kappa shape index (κ1) is 89.4. The second-order valence-electron chi connectivity index (χ2n) is 0. The van der Waals surface area contributed by atoms with Crippen LogP contribution in [0.25, 0.3) is 0 Å². The summed E-state index contributed by atoms with van der Waals surface area (Å²) in [7, 11) is 0. The summed E-state index contributed by atoms with van der Waals surface area (Å²) in [4.78, 5) is 0. The summed E-state index contributed by atoms with van der Waals surface area (Å²) in [5, 5.41) is 0.